The summed E-state index contributed by atoms with van der Waals surface area (Å²) in [5.74, 6) is -2.56. The normalized spacial score (nSPS) is 11.6. The van der Waals surface area contributed by atoms with E-state index in [4.69, 9.17) is 5.73 Å². The zero-order valence-corrected chi connectivity index (χ0v) is 19.6. The Labute approximate surface area is 204 Å². The van der Waals surface area contributed by atoms with Gasteiger partial charge in [0.2, 0.25) is 0 Å². The van der Waals surface area contributed by atoms with Gasteiger partial charge in [-0.1, -0.05) is 24.3 Å². The van der Waals surface area contributed by atoms with Crippen molar-refractivity contribution >= 4 is 32.3 Å². The summed E-state index contributed by atoms with van der Waals surface area (Å²) in [7, 11) is -3.57. The maximum atomic E-state index is 13.9. The van der Waals surface area contributed by atoms with Gasteiger partial charge in [-0.05, 0) is 48.2 Å². The Hall–Kier alpha value is -4.12. The molecule has 4 aromatic rings. The highest BCUT2D eigenvalue weighted by Gasteiger charge is 2.22. The summed E-state index contributed by atoms with van der Waals surface area (Å²) in [5, 5.41) is 10.4. The monoisotopic (exact) mass is 513 g/mol. The van der Waals surface area contributed by atoms with Crippen LogP contribution in [0.15, 0.2) is 70.5 Å². The van der Waals surface area contributed by atoms with Crippen LogP contribution in [0.3, 0.4) is 0 Å². The van der Waals surface area contributed by atoms with Gasteiger partial charge in [0, 0.05) is 24.1 Å². The number of hydrogen-bond donors (Lipinski definition) is 2. The van der Waals surface area contributed by atoms with Crippen LogP contribution in [0.1, 0.15) is 27.9 Å². The smallest absolute Gasteiger partial charge is 0.297 e. The van der Waals surface area contributed by atoms with Crippen LogP contribution in [0, 0.1) is 11.6 Å². The fourth-order valence-corrected chi connectivity index (χ4v) is 5.13. The number of rotatable bonds is 8. The first kappa shape index (κ1) is 25.0. The predicted molar refractivity (Wildman–Crippen MR) is 129 cm³/mol. The van der Waals surface area contributed by atoms with Gasteiger partial charge >= 0.3 is 0 Å². The molecule has 0 saturated heterocycles. The van der Waals surface area contributed by atoms with Crippen LogP contribution in [0.4, 0.5) is 14.5 Å². The van der Waals surface area contributed by atoms with Gasteiger partial charge < -0.3 is 10.9 Å². The van der Waals surface area contributed by atoms with Gasteiger partial charge in [-0.3, -0.25) is 9.59 Å². The molecule has 0 fully saturated rings. The summed E-state index contributed by atoms with van der Waals surface area (Å²) in [4.78, 5) is 29.7. The molecule has 0 aliphatic rings. The molecule has 186 valence electrons. The number of carbonyl (C=O) groups is 1. The van der Waals surface area contributed by atoms with E-state index in [2.05, 4.69) is 4.98 Å². The number of ketones is 1. The molecule has 0 aliphatic heterocycles. The van der Waals surface area contributed by atoms with E-state index in [1.165, 1.54) is 30.5 Å². The second kappa shape index (κ2) is 9.86. The number of fused-ring (bicyclic) bond motifs is 1. The Morgan fingerprint density at radius 1 is 1.06 bits per heavy atom. The van der Waals surface area contributed by atoms with E-state index in [1.807, 2.05) is 0 Å². The molecule has 0 aliphatic carbocycles. The Morgan fingerprint density at radius 2 is 1.78 bits per heavy atom. The molecular weight excluding hydrogens is 492 g/mol. The van der Waals surface area contributed by atoms with Crippen LogP contribution >= 0.6 is 0 Å². The lowest BCUT2D eigenvalue weighted by Gasteiger charge is -2.12. The Balaban J connectivity index is 1.62. The summed E-state index contributed by atoms with van der Waals surface area (Å²) in [6.07, 6.45) is 0.934. The topological polar surface area (TPSA) is 132 Å². The lowest BCUT2D eigenvalue weighted by atomic mass is 10.0. The molecule has 4 rings (SSSR count). The first-order valence-corrected chi connectivity index (χ1v) is 12.5. The highest BCUT2D eigenvalue weighted by Crippen LogP contribution is 2.24. The molecular formula is C25H21F2N3O5S. The van der Waals surface area contributed by atoms with Gasteiger partial charge in [0.25, 0.3) is 5.56 Å². The van der Waals surface area contributed by atoms with E-state index in [0.29, 0.717) is 11.6 Å². The molecule has 0 atom stereocenters. The number of Topliss-reactive ketones (excluding diaryl/α,β-unsaturated/α-hetero) is 1. The van der Waals surface area contributed by atoms with Crippen molar-refractivity contribution in [3.05, 3.63) is 99.5 Å². The molecule has 0 amide bonds. The summed E-state index contributed by atoms with van der Waals surface area (Å²) in [6, 6.07) is 12.3. The zero-order chi connectivity index (χ0) is 26.0. The molecule has 0 bridgehead atoms. The molecule has 0 saturated carbocycles. The molecule has 36 heavy (non-hydrogen) atoms. The first-order valence-electron chi connectivity index (χ1n) is 10.9. The van der Waals surface area contributed by atoms with Crippen molar-refractivity contribution in [2.45, 2.75) is 24.2 Å². The van der Waals surface area contributed by atoms with Crippen molar-refractivity contribution in [3.63, 3.8) is 0 Å². The quantitative estimate of drug-likeness (QED) is 0.273. The van der Waals surface area contributed by atoms with Crippen LogP contribution in [0.5, 0.6) is 0 Å². The molecule has 0 spiro atoms. The minimum absolute atomic E-state index is 0.0668. The van der Waals surface area contributed by atoms with Gasteiger partial charge in [-0.25, -0.2) is 22.2 Å². The van der Waals surface area contributed by atoms with Crippen molar-refractivity contribution in [2.75, 3.05) is 11.5 Å². The number of sulfone groups is 1. The van der Waals surface area contributed by atoms with E-state index in [9.17, 15) is 32.0 Å². The third kappa shape index (κ3) is 4.96. The second-order valence-corrected chi connectivity index (χ2v) is 10.3. The van der Waals surface area contributed by atoms with Crippen molar-refractivity contribution in [1.82, 2.24) is 9.71 Å². The summed E-state index contributed by atoms with van der Waals surface area (Å²) in [5.41, 5.74) is 4.65. The van der Waals surface area contributed by atoms with Crippen LogP contribution in [0.2, 0.25) is 0 Å². The lowest BCUT2D eigenvalue weighted by molar-refractivity contribution is 0.0976. The molecule has 0 unspecified atom stereocenters. The number of nitrogens with two attached hydrogens (primary N) is 1. The van der Waals surface area contributed by atoms with Crippen molar-refractivity contribution in [2.24, 2.45) is 0 Å². The number of aryl methyl sites for hydroxylation is 2. The summed E-state index contributed by atoms with van der Waals surface area (Å²) in [6.45, 7) is 0. The maximum absolute atomic E-state index is 13.9. The predicted octanol–water partition coefficient (Wildman–Crippen LogP) is 3.33. The summed E-state index contributed by atoms with van der Waals surface area (Å²) < 4.78 is 52.4. The number of hydrogen-bond acceptors (Lipinski definition) is 7. The number of benzene rings is 2. The maximum Gasteiger partial charge on any atom is 0.297 e. The Morgan fingerprint density at radius 3 is 2.47 bits per heavy atom. The fourth-order valence-electron chi connectivity index (χ4n) is 3.82. The first-order chi connectivity index (χ1) is 17.1. The van der Waals surface area contributed by atoms with Crippen LogP contribution < -0.4 is 11.3 Å². The number of anilines is 1. The zero-order valence-electron chi connectivity index (χ0n) is 18.8. The molecule has 8 nitrogen and oxygen atoms in total. The SMILES string of the molecule is Nc1c(C(=O)CCc2ccc(F)cc2F)c(=O)n(O)c2ncc(CCS(=O)(=O)c3ccccc3)cc12. The van der Waals surface area contributed by atoms with E-state index >= 15 is 0 Å². The molecule has 2 aromatic carbocycles. The van der Waals surface area contributed by atoms with Crippen molar-refractivity contribution in [1.29, 1.82) is 0 Å². The number of nitrogen functional groups attached to an aromatic ring is 1. The molecule has 11 heteroatoms. The fraction of sp³-hybridized carbons (Fsp3) is 0.160. The number of carbonyl (C=O) groups excluding carboxylic acids is 1. The van der Waals surface area contributed by atoms with E-state index < -0.39 is 38.4 Å². The highest BCUT2D eigenvalue weighted by molar-refractivity contribution is 7.91. The van der Waals surface area contributed by atoms with E-state index in [-0.39, 0.29) is 56.9 Å². The van der Waals surface area contributed by atoms with E-state index in [1.54, 1.807) is 18.2 Å². The minimum Gasteiger partial charge on any atom is -0.423 e. The van der Waals surface area contributed by atoms with Crippen LogP contribution in [-0.2, 0) is 22.7 Å². The molecule has 2 aromatic heterocycles. The standard InChI is InChI=1S/C25H21F2N3O5S/c26-17-8-6-16(20(27)13-17)7-9-21(31)22-23(28)19-12-15(14-29-24(19)30(33)25(22)32)10-11-36(34,35)18-4-2-1-3-5-18/h1-6,8,12-14,33H,7,9-11,28H2. The Kier molecular flexibility index (Phi) is 6.84. The lowest BCUT2D eigenvalue weighted by Crippen LogP contribution is -2.28. The molecule has 0 radical (unpaired) electrons. The van der Waals surface area contributed by atoms with Crippen LogP contribution in [0.25, 0.3) is 11.0 Å². The van der Waals surface area contributed by atoms with Gasteiger partial charge in [-0.2, -0.15) is 0 Å². The number of halogens is 2. The summed E-state index contributed by atoms with van der Waals surface area (Å²) >= 11 is 0. The van der Waals surface area contributed by atoms with Crippen molar-refractivity contribution < 1.29 is 27.2 Å². The highest BCUT2D eigenvalue weighted by atomic mass is 32.2. The van der Waals surface area contributed by atoms with Crippen molar-refractivity contribution in [3.8, 4) is 0 Å². The third-order valence-corrected chi connectivity index (χ3v) is 7.50. The second-order valence-electron chi connectivity index (χ2n) is 8.16. The number of nitrogens with zero attached hydrogens (tertiary/aromatic N) is 2. The van der Waals surface area contributed by atoms with Crippen LogP contribution in [-0.4, -0.2) is 34.9 Å². The molecule has 3 N–H and O–H groups in total. The van der Waals surface area contributed by atoms with E-state index in [0.717, 1.165) is 6.07 Å². The molecule has 2 heterocycles. The van der Waals surface area contributed by atoms with Gasteiger partial charge in [0.05, 0.1) is 16.3 Å². The number of aromatic nitrogens is 2. The minimum atomic E-state index is -3.57. The van der Waals surface area contributed by atoms with Gasteiger partial charge in [0.15, 0.2) is 21.3 Å². The van der Waals surface area contributed by atoms with Gasteiger partial charge in [0.1, 0.15) is 17.2 Å². The van der Waals surface area contributed by atoms with Gasteiger partial charge in [-0.15, -0.1) is 4.73 Å². The average molecular weight is 514 g/mol. The largest absolute Gasteiger partial charge is 0.423 e. The third-order valence-electron chi connectivity index (χ3n) is 5.77. The Bertz CT molecular complexity index is 1640. The number of pyridine rings is 2. The average Bonchev–Trinajstić information content (AvgIpc) is 2.86.